The van der Waals surface area contributed by atoms with Crippen LogP contribution in [0.1, 0.15) is 17.3 Å². The van der Waals surface area contributed by atoms with E-state index in [-0.39, 0.29) is 11.9 Å². The number of carbonyl (C=O) groups excluding carboxylic acids is 2. The highest BCUT2D eigenvalue weighted by Gasteiger charge is 2.25. The highest BCUT2D eigenvalue weighted by atomic mass is 16.5. The van der Waals surface area contributed by atoms with Crippen molar-refractivity contribution < 1.29 is 14.3 Å². The maximum absolute atomic E-state index is 13.7. The maximum Gasteiger partial charge on any atom is 0.308 e. The molecule has 3 aromatic carbocycles. The van der Waals surface area contributed by atoms with Crippen LogP contribution in [0.3, 0.4) is 0 Å². The van der Waals surface area contributed by atoms with Gasteiger partial charge in [-0.15, -0.1) is 0 Å². The predicted octanol–water partition coefficient (Wildman–Crippen LogP) is 4.28. The molecule has 6 heteroatoms. The zero-order valence-corrected chi connectivity index (χ0v) is 17.8. The number of fused-ring (bicyclic) bond motifs is 2. The number of para-hydroxylation sites is 2. The molecule has 0 N–H and O–H groups in total. The predicted molar refractivity (Wildman–Crippen MR) is 125 cm³/mol. The van der Waals surface area contributed by atoms with Gasteiger partial charge in [-0.25, -0.2) is 4.98 Å². The van der Waals surface area contributed by atoms with Gasteiger partial charge in [-0.2, -0.15) is 0 Å². The van der Waals surface area contributed by atoms with Crippen molar-refractivity contribution in [3.63, 3.8) is 0 Å². The summed E-state index contributed by atoms with van der Waals surface area (Å²) >= 11 is 0. The highest BCUT2D eigenvalue weighted by Crippen LogP contribution is 2.28. The Morgan fingerprint density at radius 1 is 0.812 bits per heavy atom. The summed E-state index contributed by atoms with van der Waals surface area (Å²) in [6.45, 7) is 4.03. The van der Waals surface area contributed by atoms with Gasteiger partial charge in [-0.3, -0.25) is 9.59 Å². The molecule has 1 aliphatic rings. The fourth-order valence-electron chi connectivity index (χ4n) is 4.31. The van der Waals surface area contributed by atoms with Crippen LogP contribution in [0.4, 0.5) is 5.69 Å². The van der Waals surface area contributed by atoms with E-state index in [1.807, 2.05) is 71.6 Å². The molecule has 2 heterocycles. The smallest absolute Gasteiger partial charge is 0.308 e. The number of rotatable bonds is 3. The molecule has 160 valence electrons. The van der Waals surface area contributed by atoms with Crippen molar-refractivity contribution in [2.24, 2.45) is 0 Å². The molecule has 4 aromatic rings. The van der Waals surface area contributed by atoms with E-state index in [4.69, 9.17) is 9.72 Å². The number of pyridine rings is 1. The van der Waals surface area contributed by atoms with Crippen molar-refractivity contribution in [1.82, 2.24) is 9.88 Å². The summed E-state index contributed by atoms with van der Waals surface area (Å²) in [4.78, 5) is 33.8. The number of hydrogen-bond donors (Lipinski definition) is 0. The topological polar surface area (TPSA) is 62.7 Å². The van der Waals surface area contributed by atoms with E-state index in [0.717, 1.165) is 33.1 Å². The van der Waals surface area contributed by atoms with Crippen molar-refractivity contribution in [1.29, 1.82) is 0 Å². The van der Waals surface area contributed by atoms with Crippen molar-refractivity contribution >= 4 is 39.4 Å². The number of ether oxygens (including phenoxy) is 1. The Hall–Kier alpha value is -3.93. The second-order valence-corrected chi connectivity index (χ2v) is 7.89. The Labute approximate surface area is 186 Å². The molecule has 1 aliphatic heterocycles. The number of amides is 1. The quantitative estimate of drug-likeness (QED) is 0.279. The number of nitrogens with zero attached hydrogens (tertiary/aromatic N) is 3. The number of anilines is 1. The lowest BCUT2D eigenvalue weighted by Gasteiger charge is -2.36. The molecule has 32 heavy (non-hydrogen) atoms. The standard InChI is InChI=1S/C26H23N3O3/c1-18(30)32-20-8-6-7-19(17-20)28-13-15-29(16-14-28)26(31)25-21-9-2-4-11-23(21)27-24-12-5-3-10-22(24)25/h2-12,17H,13-16H2,1H3. The third-order valence-corrected chi connectivity index (χ3v) is 5.81. The minimum atomic E-state index is -0.339. The van der Waals surface area contributed by atoms with Gasteiger partial charge in [-0.1, -0.05) is 42.5 Å². The number of aromatic nitrogens is 1. The van der Waals surface area contributed by atoms with E-state index >= 15 is 0 Å². The van der Waals surface area contributed by atoms with Crippen LogP contribution in [0.5, 0.6) is 5.75 Å². The average Bonchev–Trinajstić information content (AvgIpc) is 2.82. The second-order valence-electron chi connectivity index (χ2n) is 7.89. The fourth-order valence-corrected chi connectivity index (χ4v) is 4.31. The van der Waals surface area contributed by atoms with E-state index in [1.54, 1.807) is 6.07 Å². The summed E-state index contributed by atoms with van der Waals surface area (Å²) < 4.78 is 5.21. The van der Waals surface area contributed by atoms with Gasteiger partial charge in [0.1, 0.15) is 5.75 Å². The number of piperazine rings is 1. The maximum atomic E-state index is 13.7. The summed E-state index contributed by atoms with van der Waals surface area (Å²) in [6, 6.07) is 23.1. The molecule has 0 saturated carbocycles. The van der Waals surface area contributed by atoms with Gasteiger partial charge in [0.15, 0.2) is 0 Å². The van der Waals surface area contributed by atoms with E-state index in [0.29, 0.717) is 31.9 Å². The molecular weight excluding hydrogens is 402 g/mol. The van der Waals surface area contributed by atoms with Gasteiger partial charge in [0.2, 0.25) is 0 Å². The Balaban J connectivity index is 1.40. The minimum absolute atomic E-state index is 0.0353. The van der Waals surface area contributed by atoms with Gasteiger partial charge >= 0.3 is 5.97 Å². The first-order valence-corrected chi connectivity index (χ1v) is 10.7. The lowest BCUT2D eigenvalue weighted by Crippen LogP contribution is -2.48. The number of benzene rings is 3. The molecule has 1 fully saturated rings. The zero-order valence-electron chi connectivity index (χ0n) is 17.8. The Morgan fingerprint density at radius 2 is 1.44 bits per heavy atom. The molecule has 1 saturated heterocycles. The SMILES string of the molecule is CC(=O)Oc1cccc(N2CCN(C(=O)c3c4ccccc4nc4ccccc34)CC2)c1. The van der Waals surface area contributed by atoms with Gasteiger partial charge in [-0.05, 0) is 24.3 Å². The Bertz CT molecular complexity index is 1270. The van der Waals surface area contributed by atoms with E-state index in [2.05, 4.69) is 4.90 Å². The van der Waals surface area contributed by atoms with E-state index < -0.39 is 0 Å². The molecule has 0 unspecified atom stereocenters. The number of hydrogen-bond acceptors (Lipinski definition) is 5. The van der Waals surface area contributed by atoms with E-state index in [1.165, 1.54) is 6.92 Å². The summed E-state index contributed by atoms with van der Waals surface area (Å²) in [5.41, 5.74) is 3.36. The monoisotopic (exact) mass is 425 g/mol. The third-order valence-electron chi connectivity index (χ3n) is 5.81. The molecule has 1 aromatic heterocycles. The molecule has 5 rings (SSSR count). The van der Waals surface area contributed by atoms with Crippen molar-refractivity contribution in [2.75, 3.05) is 31.1 Å². The molecule has 0 spiro atoms. The highest BCUT2D eigenvalue weighted by molar-refractivity contribution is 6.16. The third kappa shape index (κ3) is 3.75. The first-order chi connectivity index (χ1) is 15.6. The van der Waals surface area contributed by atoms with Crippen molar-refractivity contribution in [3.8, 4) is 5.75 Å². The molecule has 0 aliphatic carbocycles. The molecule has 1 amide bonds. The second kappa shape index (κ2) is 8.30. The summed E-state index contributed by atoms with van der Waals surface area (Å²) in [5.74, 6) is 0.228. The van der Waals surface area contributed by atoms with Crippen molar-refractivity contribution in [3.05, 3.63) is 78.4 Å². The van der Waals surface area contributed by atoms with Crippen LogP contribution in [0.2, 0.25) is 0 Å². The molecular formula is C26H23N3O3. The normalized spacial score (nSPS) is 14.0. The van der Waals surface area contributed by atoms with Gasteiger partial charge in [0, 0.05) is 55.6 Å². The zero-order chi connectivity index (χ0) is 22.1. The largest absolute Gasteiger partial charge is 0.427 e. The van der Waals surface area contributed by atoms with Crippen LogP contribution in [0.15, 0.2) is 72.8 Å². The molecule has 0 atom stereocenters. The average molecular weight is 425 g/mol. The van der Waals surface area contributed by atoms with E-state index in [9.17, 15) is 9.59 Å². The van der Waals surface area contributed by atoms with Crippen molar-refractivity contribution in [2.45, 2.75) is 6.92 Å². The first-order valence-electron chi connectivity index (χ1n) is 10.7. The lowest BCUT2D eigenvalue weighted by atomic mass is 10.0. The van der Waals surface area contributed by atoms with Gasteiger partial charge in [0.05, 0.1) is 16.6 Å². The molecule has 0 radical (unpaired) electrons. The number of esters is 1. The Kier molecular flexibility index (Phi) is 5.19. The van der Waals surface area contributed by atoms with Crippen LogP contribution in [0.25, 0.3) is 21.8 Å². The van der Waals surface area contributed by atoms with Crippen LogP contribution < -0.4 is 9.64 Å². The molecule has 0 bridgehead atoms. The van der Waals surface area contributed by atoms with Crippen LogP contribution >= 0.6 is 0 Å². The van der Waals surface area contributed by atoms with Gasteiger partial charge in [0.25, 0.3) is 5.91 Å². The fraction of sp³-hybridized carbons (Fsp3) is 0.192. The number of carbonyl (C=O) groups is 2. The minimum Gasteiger partial charge on any atom is -0.427 e. The Morgan fingerprint density at radius 3 is 2.06 bits per heavy atom. The van der Waals surface area contributed by atoms with Crippen LogP contribution in [0, 0.1) is 0 Å². The van der Waals surface area contributed by atoms with Crippen LogP contribution in [-0.4, -0.2) is 47.9 Å². The summed E-state index contributed by atoms with van der Waals surface area (Å²) in [6.07, 6.45) is 0. The summed E-state index contributed by atoms with van der Waals surface area (Å²) in [5, 5.41) is 1.76. The summed E-state index contributed by atoms with van der Waals surface area (Å²) in [7, 11) is 0. The molecule has 6 nitrogen and oxygen atoms in total. The van der Waals surface area contributed by atoms with Gasteiger partial charge < -0.3 is 14.5 Å². The first kappa shape index (κ1) is 20.0. The lowest BCUT2D eigenvalue weighted by molar-refractivity contribution is -0.131. The van der Waals surface area contributed by atoms with Crippen LogP contribution in [-0.2, 0) is 4.79 Å².